The molecule has 2 rings (SSSR count). The van der Waals surface area contributed by atoms with E-state index in [1.807, 2.05) is 30.5 Å². The summed E-state index contributed by atoms with van der Waals surface area (Å²) < 4.78 is 4.80. The van der Waals surface area contributed by atoms with Crippen LogP contribution in [0.25, 0.3) is 10.9 Å². The van der Waals surface area contributed by atoms with Crippen LogP contribution in [0.2, 0.25) is 0 Å². The molecule has 0 aliphatic carbocycles. The summed E-state index contributed by atoms with van der Waals surface area (Å²) in [6.45, 7) is 1.75. The summed E-state index contributed by atoms with van der Waals surface area (Å²) >= 11 is 5.00. The van der Waals surface area contributed by atoms with Gasteiger partial charge < -0.3 is 15.0 Å². The normalized spacial score (nSPS) is 12.1. The predicted molar refractivity (Wildman–Crippen MR) is 79.2 cm³/mol. The summed E-state index contributed by atoms with van der Waals surface area (Å²) in [7, 11) is 1.38. The largest absolute Gasteiger partial charge is 0.467 e. The predicted octanol–water partition coefficient (Wildman–Crippen LogP) is 2.19. The fourth-order valence-electron chi connectivity index (χ4n) is 2.10. The first-order valence-electron chi connectivity index (χ1n) is 6.01. The van der Waals surface area contributed by atoms with Crippen LogP contribution in [0.4, 0.5) is 0 Å². The molecular formula is C14H16N2O2S. The van der Waals surface area contributed by atoms with E-state index in [4.69, 9.17) is 17.0 Å². The molecule has 0 saturated heterocycles. The van der Waals surface area contributed by atoms with Gasteiger partial charge in [-0.1, -0.05) is 30.4 Å². The number of H-pyrrole nitrogens is 1. The Bertz CT molecular complexity index is 606. The molecule has 0 radical (unpaired) electrons. The van der Waals surface area contributed by atoms with Gasteiger partial charge in [-0.3, -0.25) is 0 Å². The molecule has 0 aliphatic rings. The average molecular weight is 276 g/mol. The van der Waals surface area contributed by atoms with E-state index < -0.39 is 6.04 Å². The van der Waals surface area contributed by atoms with E-state index in [0.29, 0.717) is 11.4 Å². The summed E-state index contributed by atoms with van der Waals surface area (Å²) in [4.78, 5) is 15.5. The van der Waals surface area contributed by atoms with Crippen molar-refractivity contribution in [2.75, 3.05) is 7.11 Å². The fourth-order valence-corrected chi connectivity index (χ4v) is 2.24. The Morgan fingerprint density at radius 2 is 2.21 bits per heavy atom. The van der Waals surface area contributed by atoms with Crippen molar-refractivity contribution in [3.05, 3.63) is 36.0 Å². The van der Waals surface area contributed by atoms with Crippen LogP contribution in [-0.2, 0) is 16.0 Å². The van der Waals surface area contributed by atoms with Gasteiger partial charge in [-0.25, -0.2) is 4.79 Å². The number of nitrogens with one attached hydrogen (secondary N) is 2. The van der Waals surface area contributed by atoms with Gasteiger partial charge in [0.05, 0.1) is 12.1 Å². The molecule has 100 valence electrons. The lowest BCUT2D eigenvalue weighted by atomic mass is 10.1. The summed E-state index contributed by atoms with van der Waals surface area (Å²) in [5.74, 6) is -0.311. The topological polar surface area (TPSA) is 54.1 Å². The zero-order valence-corrected chi connectivity index (χ0v) is 11.7. The van der Waals surface area contributed by atoms with Crippen LogP contribution in [0, 0.1) is 0 Å². The van der Waals surface area contributed by atoms with Crippen molar-refractivity contribution in [3.8, 4) is 0 Å². The van der Waals surface area contributed by atoms with Crippen LogP contribution in [0.5, 0.6) is 0 Å². The van der Waals surface area contributed by atoms with Gasteiger partial charge in [-0.05, 0) is 18.6 Å². The molecule has 1 atom stereocenters. The van der Waals surface area contributed by atoms with Crippen molar-refractivity contribution >= 4 is 34.1 Å². The fraction of sp³-hybridized carbons (Fsp3) is 0.286. The van der Waals surface area contributed by atoms with Gasteiger partial charge in [-0.15, -0.1) is 0 Å². The number of aromatic amines is 1. The lowest BCUT2D eigenvalue weighted by Crippen LogP contribution is -2.41. The summed E-state index contributed by atoms with van der Waals surface area (Å²) in [6.07, 6.45) is 2.45. The molecule has 1 aromatic carbocycles. The molecule has 5 heteroatoms. The highest BCUT2D eigenvalue weighted by atomic mass is 32.1. The van der Waals surface area contributed by atoms with Gasteiger partial charge in [0, 0.05) is 23.5 Å². The second-order valence-corrected chi connectivity index (χ2v) is 4.95. The standard InChI is InChI=1S/C14H16N2O2S/c1-9(19)16-13(14(17)18-2)7-10-8-15-12-6-4-3-5-11(10)12/h3-6,8,13,15H,7H2,1-2H3,(H,16,19)/t13-/m0/s1. The first kappa shape index (κ1) is 13.5. The van der Waals surface area contributed by atoms with Crippen LogP contribution in [0.15, 0.2) is 30.5 Å². The van der Waals surface area contributed by atoms with E-state index in [1.54, 1.807) is 6.92 Å². The molecule has 2 aromatic rings. The average Bonchev–Trinajstić information content (AvgIpc) is 2.80. The maximum atomic E-state index is 11.8. The minimum absolute atomic E-state index is 0.311. The van der Waals surface area contributed by atoms with Gasteiger partial charge in [0.2, 0.25) is 0 Å². The molecule has 0 amide bonds. The maximum Gasteiger partial charge on any atom is 0.328 e. The van der Waals surface area contributed by atoms with Crippen molar-refractivity contribution in [1.29, 1.82) is 0 Å². The molecule has 19 heavy (non-hydrogen) atoms. The molecule has 2 N–H and O–H groups in total. The van der Waals surface area contributed by atoms with Gasteiger partial charge in [-0.2, -0.15) is 0 Å². The molecule has 0 unspecified atom stereocenters. The lowest BCUT2D eigenvalue weighted by molar-refractivity contribution is -0.142. The number of carbonyl (C=O) groups is 1. The number of para-hydroxylation sites is 1. The number of hydrogen-bond acceptors (Lipinski definition) is 3. The van der Waals surface area contributed by atoms with Crippen molar-refractivity contribution in [1.82, 2.24) is 10.3 Å². The third-order valence-corrected chi connectivity index (χ3v) is 3.08. The Balaban J connectivity index is 2.25. The van der Waals surface area contributed by atoms with E-state index in [0.717, 1.165) is 16.5 Å². The Labute approximate surface area is 117 Å². The van der Waals surface area contributed by atoms with E-state index in [2.05, 4.69) is 10.3 Å². The molecule has 4 nitrogen and oxygen atoms in total. The molecule has 0 fully saturated rings. The number of thiocarbonyl (C=S) groups is 1. The zero-order chi connectivity index (χ0) is 13.8. The Morgan fingerprint density at radius 1 is 1.47 bits per heavy atom. The molecule has 1 heterocycles. The molecule has 0 aliphatic heterocycles. The van der Waals surface area contributed by atoms with E-state index >= 15 is 0 Å². The number of carbonyl (C=O) groups excluding carboxylic acids is 1. The minimum Gasteiger partial charge on any atom is -0.467 e. The number of rotatable bonds is 4. The van der Waals surface area contributed by atoms with Crippen LogP contribution < -0.4 is 5.32 Å². The van der Waals surface area contributed by atoms with E-state index in [1.165, 1.54) is 7.11 Å². The Kier molecular flexibility index (Phi) is 4.16. The number of ether oxygens (including phenoxy) is 1. The van der Waals surface area contributed by atoms with Crippen LogP contribution >= 0.6 is 12.2 Å². The second-order valence-electron chi connectivity index (χ2n) is 4.34. The minimum atomic E-state index is -0.457. The molecule has 1 aromatic heterocycles. The summed E-state index contributed by atoms with van der Waals surface area (Å²) in [5, 5.41) is 4.09. The Morgan fingerprint density at radius 3 is 2.89 bits per heavy atom. The van der Waals surface area contributed by atoms with Gasteiger partial charge in [0.1, 0.15) is 6.04 Å². The number of methoxy groups -OCH3 is 1. The van der Waals surface area contributed by atoms with E-state index in [9.17, 15) is 4.79 Å². The van der Waals surface area contributed by atoms with Crippen LogP contribution in [0.1, 0.15) is 12.5 Å². The Hall–Kier alpha value is -1.88. The van der Waals surface area contributed by atoms with Gasteiger partial charge in [0.25, 0.3) is 0 Å². The zero-order valence-electron chi connectivity index (χ0n) is 10.9. The molecule has 0 bridgehead atoms. The quantitative estimate of drug-likeness (QED) is 0.664. The highest BCUT2D eigenvalue weighted by Gasteiger charge is 2.20. The number of benzene rings is 1. The number of hydrogen-bond donors (Lipinski definition) is 2. The highest BCUT2D eigenvalue weighted by Crippen LogP contribution is 2.19. The van der Waals surface area contributed by atoms with Crippen molar-refractivity contribution in [2.24, 2.45) is 0 Å². The van der Waals surface area contributed by atoms with Crippen LogP contribution in [0.3, 0.4) is 0 Å². The number of fused-ring (bicyclic) bond motifs is 1. The smallest absolute Gasteiger partial charge is 0.328 e. The van der Waals surface area contributed by atoms with Crippen LogP contribution in [-0.4, -0.2) is 29.1 Å². The maximum absolute atomic E-state index is 11.8. The molecule has 0 saturated carbocycles. The number of aromatic nitrogens is 1. The third-order valence-electron chi connectivity index (χ3n) is 2.96. The van der Waals surface area contributed by atoms with Crippen molar-refractivity contribution in [3.63, 3.8) is 0 Å². The third kappa shape index (κ3) is 3.12. The SMILES string of the molecule is COC(=O)[C@H](Cc1c[nH]c2ccccc12)NC(C)=S. The summed E-state index contributed by atoms with van der Waals surface area (Å²) in [5.41, 5.74) is 2.12. The highest BCUT2D eigenvalue weighted by molar-refractivity contribution is 7.80. The second kappa shape index (κ2) is 5.84. The first-order valence-corrected chi connectivity index (χ1v) is 6.42. The van der Waals surface area contributed by atoms with Gasteiger partial charge in [0.15, 0.2) is 0 Å². The monoisotopic (exact) mass is 276 g/mol. The molecule has 0 spiro atoms. The first-order chi connectivity index (χ1) is 9.11. The van der Waals surface area contributed by atoms with E-state index in [-0.39, 0.29) is 5.97 Å². The molecular weight excluding hydrogens is 260 g/mol. The van der Waals surface area contributed by atoms with Crippen molar-refractivity contribution in [2.45, 2.75) is 19.4 Å². The van der Waals surface area contributed by atoms with Crippen molar-refractivity contribution < 1.29 is 9.53 Å². The number of esters is 1. The summed E-state index contributed by atoms with van der Waals surface area (Å²) in [6, 6.07) is 7.52. The lowest BCUT2D eigenvalue weighted by Gasteiger charge is -2.16. The van der Waals surface area contributed by atoms with Gasteiger partial charge >= 0.3 is 5.97 Å².